The van der Waals surface area contributed by atoms with Crippen LogP contribution in [0.4, 0.5) is 0 Å². The summed E-state index contributed by atoms with van der Waals surface area (Å²) in [4.78, 5) is 11.5. The molecule has 1 atom stereocenters. The van der Waals surface area contributed by atoms with Crippen LogP contribution in [-0.4, -0.2) is 23.3 Å². The predicted molar refractivity (Wildman–Crippen MR) is 85.1 cm³/mol. The molecule has 2 aromatic carbocycles. The Morgan fingerprint density at radius 1 is 1.23 bits per heavy atom. The number of methoxy groups -OCH3 is 1. The predicted octanol–water partition coefficient (Wildman–Crippen LogP) is 3.67. The minimum absolute atomic E-state index is 0.00443. The lowest BCUT2D eigenvalue weighted by Crippen LogP contribution is -2.10. The molecule has 4 heteroatoms. The summed E-state index contributed by atoms with van der Waals surface area (Å²) in [6.07, 6.45) is 4.10. The number of rotatable bonds is 6. The second kappa shape index (κ2) is 7.31. The van der Waals surface area contributed by atoms with Crippen LogP contribution in [0.15, 0.2) is 54.6 Å². The molecule has 0 spiro atoms. The lowest BCUT2D eigenvalue weighted by Gasteiger charge is -2.12. The number of carboxylic acid groups (broad SMARTS) is 1. The molecular formula is C18H18O4. The minimum atomic E-state index is -0.912. The Morgan fingerprint density at radius 2 is 1.95 bits per heavy atom. The molecule has 0 heterocycles. The Bertz CT molecular complexity index is 662. The van der Waals surface area contributed by atoms with E-state index in [1.165, 1.54) is 13.2 Å². The quantitative estimate of drug-likeness (QED) is 0.854. The fourth-order valence-electron chi connectivity index (χ4n) is 2.19. The molecule has 1 unspecified atom stereocenters. The van der Waals surface area contributed by atoms with E-state index >= 15 is 0 Å². The highest BCUT2D eigenvalue weighted by Gasteiger charge is 2.19. The average molecular weight is 298 g/mol. The van der Waals surface area contributed by atoms with Crippen molar-refractivity contribution in [2.75, 3.05) is 7.11 Å². The first kappa shape index (κ1) is 15.6. The second-order valence-corrected chi connectivity index (χ2v) is 4.87. The van der Waals surface area contributed by atoms with E-state index in [9.17, 15) is 15.0 Å². The Hall–Kier alpha value is -2.75. The number of carboxylic acids is 1. The summed E-state index contributed by atoms with van der Waals surface area (Å²) in [5.74, 6) is -1.33. The van der Waals surface area contributed by atoms with Gasteiger partial charge >= 0.3 is 5.97 Å². The molecule has 0 fully saturated rings. The van der Waals surface area contributed by atoms with Gasteiger partial charge in [0.1, 0.15) is 0 Å². The van der Waals surface area contributed by atoms with E-state index in [0.29, 0.717) is 12.0 Å². The molecule has 0 aliphatic carbocycles. The third kappa shape index (κ3) is 3.88. The van der Waals surface area contributed by atoms with Gasteiger partial charge in [0, 0.05) is 0 Å². The standard InChI is InChI=1S/C18H18O4/c1-22-17-12-14(10-11-16(17)19)15(18(20)21)9-5-8-13-6-3-2-4-7-13/h2-8,10-12,15,19H,9H2,1H3,(H,20,21)/b8-5+. The molecule has 0 bridgehead atoms. The number of ether oxygens (including phenoxy) is 1. The molecular weight excluding hydrogens is 280 g/mol. The average Bonchev–Trinajstić information content (AvgIpc) is 2.53. The van der Waals surface area contributed by atoms with Crippen molar-refractivity contribution in [1.82, 2.24) is 0 Å². The molecule has 4 nitrogen and oxygen atoms in total. The zero-order chi connectivity index (χ0) is 15.9. The van der Waals surface area contributed by atoms with Crippen LogP contribution >= 0.6 is 0 Å². The summed E-state index contributed by atoms with van der Waals surface area (Å²) in [6.45, 7) is 0. The molecule has 0 radical (unpaired) electrons. The van der Waals surface area contributed by atoms with Crippen molar-refractivity contribution in [3.63, 3.8) is 0 Å². The summed E-state index contributed by atoms with van der Waals surface area (Å²) >= 11 is 0. The van der Waals surface area contributed by atoms with E-state index in [2.05, 4.69) is 0 Å². The number of hydrogen-bond donors (Lipinski definition) is 2. The van der Waals surface area contributed by atoms with Gasteiger partial charge in [-0.25, -0.2) is 0 Å². The topological polar surface area (TPSA) is 66.8 Å². The molecule has 22 heavy (non-hydrogen) atoms. The monoisotopic (exact) mass is 298 g/mol. The highest BCUT2D eigenvalue weighted by molar-refractivity contribution is 5.77. The zero-order valence-corrected chi connectivity index (χ0v) is 12.3. The molecule has 0 saturated carbocycles. The van der Waals surface area contributed by atoms with Crippen LogP contribution in [0.5, 0.6) is 11.5 Å². The SMILES string of the molecule is COc1cc(C(C/C=C/c2ccccc2)C(=O)O)ccc1O. The van der Waals surface area contributed by atoms with Crippen LogP contribution in [0.1, 0.15) is 23.5 Å². The van der Waals surface area contributed by atoms with Gasteiger partial charge in [-0.3, -0.25) is 4.79 Å². The summed E-state index contributed by atoms with van der Waals surface area (Å²) in [7, 11) is 1.43. The van der Waals surface area contributed by atoms with Crippen molar-refractivity contribution in [3.8, 4) is 11.5 Å². The van der Waals surface area contributed by atoms with Gasteiger partial charge in [0.15, 0.2) is 11.5 Å². The van der Waals surface area contributed by atoms with Crippen LogP contribution in [0.2, 0.25) is 0 Å². The van der Waals surface area contributed by atoms with Gasteiger partial charge in [0.2, 0.25) is 0 Å². The van der Waals surface area contributed by atoms with Gasteiger partial charge in [-0.1, -0.05) is 48.6 Å². The van der Waals surface area contributed by atoms with Crippen LogP contribution in [-0.2, 0) is 4.79 Å². The minimum Gasteiger partial charge on any atom is -0.504 e. The molecule has 0 aliphatic rings. The third-order valence-corrected chi connectivity index (χ3v) is 3.39. The number of carbonyl (C=O) groups is 1. The van der Waals surface area contributed by atoms with E-state index in [0.717, 1.165) is 5.56 Å². The van der Waals surface area contributed by atoms with Crippen molar-refractivity contribution in [2.45, 2.75) is 12.3 Å². The number of hydrogen-bond acceptors (Lipinski definition) is 3. The summed E-state index contributed by atoms with van der Waals surface area (Å²) < 4.78 is 5.03. The summed E-state index contributed by atoms with van der Waals surface area (Å²) in [5.41, 5.74) is 1.62. The van der Waals surface area contributed by atoms with Crippen molar-refractivity contribution in [1.29, 1.82) is 0 Å². The van der Waals surface area contributed by atoms with E-state index < -0.39 is 11.9 Å². The first-order chi connectivity index (χ1) is 10.6. The van der Waals surface area contributed by atoms with Crippen LogP contribution in [0, 0.1) is 0 Å². The largest absolute Gasteiger partial charge is 0.504 e. The van der Waals surface area contributed by atoms with Gasteiger partial charge in [-0.2, -0.15) is 0 Å². The normalized spacial score (nSPS) is 12.2. The van der Waals surface area contributed by atoms with Crippen molar-refractivity contribution in [3.05, 3.63) is 65.7 Å². The van der Waals surface area contributed by atoms with Gasteiger partial charge in [0.05, 0.1) is 13.0 Å². The molecule has 0 aromatic heterocycles. The first-order valence-electron chi connectivity index (χ1n) is 6.93. The van der Waals surface area contributed by atoms with Crippen molar-refractivity contribution >= 4 is 12.0 Å². The molecule has 114 valence electrons. The molecule has 2 rings (SSSR count). The molecule has 2 aromatic rings. The number of aromatic hydroxyl groups is 1. The number of aliphatic carboxylic acids is 1. The fraction of sp³-hybridized carbons (Fsp3) is 0.167. The summed E-state index contributed by atoms with van der Waals surface area (Å²) in [6, 6.07) is 14.3. The summed E-state index contributed by atoms with van der Waals surface area (Å²) in [5, 5.41) is 19.0. The lowest BCUT2D eigenvalue weighted by molar-refractivity contribution is -0.138. The van der Waals surface area contributed by atoms with Gasteiger partial charge in [-0.05, 0) is 29.7 Å². The smallest absolute Gasteiger partial charge is 0.311 e. The van der Waals surface area contributed by atoms with Crippen LogP contribution < -0.4 is 4.74 Å². The zero-order valence-electron chi connectivity index (χ0n) is 12.3. The highest BCUT2D eigenvalue weighted by Crippen LogP contribution is 2.31. The number of phenolic OH excluding ortho intramolecular Hbond substituents is 1. The van der Waals surface area contributed by atoms with Gasteiger partial charge in [-0.15, -0.1) is 0 Å². The Morgan fingerprint density at radius 3 is 2.59 bits per heavy atom. The molecule has 0 aliphatic heterocycles. The van der Waals surface area contributed by atoms with Crippen molar-refractivity contribution in [2.24, 2.45) is 0 Å². The third-order valence-electron chi connectivity index (χ3n) is 3.39. The maximum absolute atomic E-state index is 11.5. The van der Waals surface area contributed by atoms with Gasteiger partial charge in [0.25, 0.3) is 0 Å². The van der Waals surface area contributed by atoms with Crippen LogP contribution in [0.3, 0.4) is 0 Å². The highest BCUT2D eigenvalue weighted by atomic mass is 16.5. The lowest BCUT2D eigenvalue weighted by atomic mass is 9.95. The molecule has 2 N–H and O–H groups in total. The first-order valence-corrected chi connectivity index (χ1v) is 6.93. The van der Waals surface area contributed by atoms with E-state index in [1.54, 1.807) is 12.1 Å². The van der Waals surface area contributed by atoms with Crippen LogP contribution in [0.25, 0.3) is 6.08 Å². The van der Waals surface area contributed by atoms with E-state index in [4.69, 9.17) is 4.74 Å². The Labute approximate surface area is 129 Å². The fourth-order valence-corrected chi connectivity index (χ4v) is 2.19. The van der Waals surface area contributed by atoms with Crippen molar-refractivity contribution < 1.29 is 19.7 Å². The molecule has 0 amide bonds. The Kier molecular flexibility index (Phi) is 5.20. The second-order valence-electron chi connectivity index (χ2n) is 4.87. The number of benzene rings is 2. The maximum Gasteiger partial charge on any atom is 0.311 e. The molecule has 0 saturated heterocycles. The van der Waals surface area contributed by atoms with Gasteiger partial charge < -0.3 is 14.9 Å². The number of allylic oxidation sites excluding steroid dienone is 1. The maximum atomic E-state index is 11.5. The van der Waals surface area contributed by atoms with E-state index in [-0.39, 0.29) is 11.5 Å². The van der Waals surface area contributed by atoms with E-state index in [1.807, 2.05) is 42.5 Å². The Balaban J connectivity index is 2.17. The number of phenols is 1.